The van der Waals surface area contributed by atoms with Crippen molar-refractivity contribution in [2.24, 2.45) is 0 Å². The minimum absolute atomic E-state index is 0.00683. The topological polar surface area (TPSA) is 96.4 Å². The molecule has 2 aromatic carbocycles. The Morgan fingerprint density at radius 3 is 2.48 bits per heavy atom. The van der Waals surface area contributed by atoms with Crippen LogP contribution in [0.15, 0.2) is 42.9 Å². The average Bonchev–Trinajstić information content (AvgIpc) is 3.23. The van der Waals surface area contributed by atoms with Gasteiger partial charge in [-0.15, -0.1) is 0 Å². The first-order valence-corrected chi connectivity index (χ1v) is 9.80. The van der Waals surface area contributed by atoms with Gasteiger partial charge in [0, 0.05) is 18.2 Å². The third-order valence-corrected chi connectivity index (χ3v) is 4.67. The van der Waals surface area contributed by atoms with E-state index >= 15 is 4.39 Å². The van der Waals surface area contributed by atoms with Crippen LogP contribution >= 0.6 is 0 Å². The fourth-order valence-corrected chi connectivity index (χ4v) is 3.28. The van der Waals surface area contributed by atoms with E-state index in [1.165, 1.54) is 25.7 Å². The van der Waals surface area contributed by atoms with Crippen molar-refractivity contribution in [3.8, 4) is 17.2 Å². The Morgan fingerprint density at radius 1 is 1.03 bits per heavy atom. The van der Waals surface area contributed by atoms with Crippen molar-refractivity contribution in [3.63, 3.8) is 0 Å². The van der Waals surface area contributed by atoms with Crippen molar-refractivity contribution >= 4 is 22.5 Å². The number of aromatic amines is 1. The van der Waals surface area contributed by atoms with Gasteiger partial charge >= 0.3 is 0 Å². The van der Waals surface area contributed by atoms with Gasteiger partial charge in [-0.1, -0.05) is 0 Å². The summed E-state index contributed by atoms with van der Waals surface area (Å²) in [6, 6.07) is 5.04. The zero-order chi connectivity index (χ0) is 23.8. The highest BCUT2D eigenvalue weighted by Gasteiger charge is 2.27. The smallest absolute Gasteiger partial charge is 0.168 e. The minimum Gasteiger partial charge on any atom is -0.494 e. The number of ether oxygens (including phenoxy) is 2. The Balaban J connectivity index is 1.82. The molecule has 0 spiro atoms. The summed E-state index contributed by atoms with van der Waals surface area (Å²) in [7, 11) is 1.37. The van der Waals surface area contributed by atoms with Crippen LogP contribution in [0.3, 0.4) is 0 Å². The Labute approximate surface area is 186 Å². The molecule has 11 heteroatoms. The molecular formula is C22H20F3N5O3. The van der Waals surface area contributed by atoms with E-state index in [2.05, 4.69) is 20.2 Å². The lowest BCUT2D eigenvalue weighted by Crippen LogP contribution is -2.36. The molecule has 2 N–H and O–H groups in total. The van der Waals surface area contributed by atoms with Gasteiger partial charge in [-0.05, 0) is 26.0 Å². The second-order valence-electron chi connectivity index (χ2n) is 7.86. The summed E-state index contributed by atoms with van der Waals surface area (Å²) >= 11 is 0. The molecule has 0 saturated heterocycles. The Hall–Kier alpha value is -3.86. The average molecular weight is 459 g/mol. The fraction of sp³-hybridized carbons (Fsp3) is 0.227. The maximum atomic E-state index is 15.1. The summed E-state index contributed by atoms with van der Waals surface area (Å²) in [6.45, 7) is 3.18. The predicted molar refractivity (Wildman–Crippen MR) is 114 cm³/mol. The van der Waals surface area contributed by atoms with Gasteiger partial charge in [0.1, 0.15) is 23.7 Å². The summed E-state index contributed by atoms with van der Waals surface area (Å²) in [5, 5.41) is 17.8. The molecule has 172 valence electrons. The van der Waals surface area contributed by atoms with Gasteiger partial charge in [-0.3, -0.25) is 5.10 Å². The van der Waals surface area contributed by atoms with E-state index in [9.17, 15) is 13.9 Å². The highest BCUT2D eigenvalue weighted by molar-refractivity contribution is 5.89. The van der Waals surface area contributed by atoms with Gasteiger partial charge in [0.05, 0.1) is 36.5 Å². The lowest BCUT2D eigenvalue weighted by atomic mass is 10.1. The number of nitrogens with zero attached hydrogens (tertiary/aromatic N) is 4. The monoisotopic (exact) mass is 459 g/mol. The van der Waals surface area contributed by atoms with Crippen LogP contribution in [0.5, 0.6) is 17.2 Å². The zero-order valence-corrected chi connectivity index (χ0v) is 17.9. The normalized spacial score (nSPS) is 11.6. The van der Waals surface area contributed by atoms with E-state index in [1.54, 1.807) is 18.7 Å². The summed E-state index contributed by atoms with van der Waals surface area (Å²) in [5.41, 5.74) is -0.535. The Bertz CT molecular complexity index is 1310. The van der Waals surface area contributed by atoms with Crippen LogP contribution in [0.25, 0.3) is 11.0 Å². The molecule has 4 aromatic rings. The van der Waals surface area contributed by atoms with E-state index in [4.69, 9.17) is 9.47 Å². The third-order valence-electron chi connectivity index (χ3n) is 4.67. The van der Waals surface area contributed by atoms with Crippen LogP contribution in [0.1, 0.15) is 13.8 Å². The first kappa shape index (κ1) is 22.3. The number of anilines is 2. The second kappa shape index (κ2) is 8.58. The SMILES string of the molecule is COc1cc(Oc2ccc(F)cc2F)c(F)cc1N(CC(C)(C)O)c1ncnc2[nH]ncc12. The predicted octanol–water partition coefficient (Wildman–Crippen LogP) is 4.48. The first-order chi connectivity index (χ1) is 15.7. The number of aliphatic hydroxyl groups is 1. The number of halogens is 3. The molecule has 2 aromatic heterocycles. The van der Waals surface area contributed by atoms with Gasteiger partial charge in [0.15, 0.2) is 28.8 Å². The van der Waals surface area contributed by atoms with Crippen molar-refractivity contribution < 1.29 is 27.8 Å². The second-order valence-corrected chi connectivity index (χ2v) is 7.86. The lowest BCUT2D eigenvalue weighted by molar-refractivity contribution is 0.0896. The summed E-state index contributed by atoms with van der Waals surface area (Å²) in [5.74, 6) is -2.78. The van der Waals surface area contributed by atoms with Gasteiger partial charge < -0.3 is 19.5 Å². The van der Waals surface area contributed by atoms with Crippen molar-refractivity contribution in [2.75, 3.05) is 18.6 Å². The van der Waals surface area contributed by atoms with Gasteiger partial charge in [0.25, 0.3) is 0 Å². The van der Waals surface area contributed by atoms with Gasteiger partial charge in [-0.2, -0.15) is 5.10 Å². The van der Waals surface area contributed by atoms with E-state index in [-0.39, 0.29) is 29.5 Å². The fourth-order valence-electron chi connectivity index (χ4n) is 3.28. The van der Waals surface area contributed by atoms with E-state index < -0.39 is 23.1 Å². The number of rotatable bonds is 7. The maximum Gasteiger partial charge on any atom is 0.168 e. The molecule has 0 unspecified atom stereocenters. The molecule has 0 aliphatic heterocycles. The number of methoxy groups -OCH3 is 1. The highest BCUT2D eigenvalue weighted by Crippen LogP contribution is 2.41. The van der Waals surface area contributed by atoms with Crippen LogP contribution < -0.4 is 14.4 Å². The molecule has 0 fully saturated rings. The molecule has 33 heavy (non-hydrogen) atoms. The molecule has 0 saturated carbocycles. The van der Waals surface area contributed by atoms with Gasteiger partial charge in [0.2, 0.25) is 0 Å². The summed E-state index contributed by atoms with van der Waals surface area (Å²) < 4.78 is 53.1. The summed E-state index contributed by atoms with van der Waals surface area (Å²) in [6.07, 6.45) is 2.82. The summed E-state index contributed by atoms with van der Waals surface area (Å²) in [4.78, 5) is 9.97. The highest BCUT2D eigenvalue weighted by atomic mass is 19.1. The molecule has 8 nitrogen and oxygen atoms in total. The minimum atomic E-state index is -1.21. The maximum absolute atomic E-state index is 15.1. The van der Waals surface area contributed by atoms with Crippen molar-refractivity contribution in [1.29, 1.82) is 0 Å². The molecular weight excluding hydrogens is 439 g/mol. The number of H-pyrrole nitrogens is 1. The number of fused-ring (bicyclic) bond motifs is 1. The molecule has 0 aliphatic carbocycles. The number of hydrogen-bond acceptors (Lipinski definition) is 7. The number of aromatic nitrogens is 4. The largest absolute Gasteiger partial charge is 0.494 e. The van der Waals surface area contributed by atoms with Crippen LogP contribution in [0, 0.1) is 17.5 Å². The molecule has 0 radical (unpaired) electrons. The van der Waals surface area contributed by atoms with E-state index in [1.807, 2.05) is 0 Å². The molecule has 4 rings (SSSR count). The van der Waals surface area contributed by atoms with Gasteiger partial charge in [-0.25, -0.2) is 23.1 Å². The zero-order valence-electron chi connectivity index (χ0n) is 17.9. The molecule has 2 heterocycles. The van der Waals surface area contributed by atoms with Crippen LogP contribution in [-0.4, -0.2) is 44.5 Å². The van der Waals surface area contributed by atoms with Crippen LogP contribution in [0.2, 0.25) is 0 Å². The number of nitrogens with one attached hydrogen (secondary N) is 1. The first-order valence-electron chi connectivity index (χ1n) is 9.80. The van der Waals surface area contributed by atoms with Crippen LogP contribution in [-0.2, 0) is 0 Å². The van der Waals surface area contributed by atoms with Crippen molar-refractivity contribution in [1.82, 2.24) is 20.2 Å². The quantitative estimate of drug-likeness (QED) is 0.421. The number of benzene rings is 2. The molecule has 0 atom stereocenters. The van der Waals surface area contributed by atoms with E-state index in [0.29, 0.717) is 22.9 Å². The lowest BCUT2D eigenvalue weighted by Gasteiger charge is -2.31. The van der Waals surface area contributed by atoms with E-state index in [0.717, 1.165) is 18.2 Å². The van der Waals surface area contributed by atoms with Crippen molar-refractivity contribution in [2.45, 2.75) is 19.4 Å². The molecule has 0 amide bonds. The number of hydrogen-bond donors (Lipinski definition) is 2. The van der Waals surface area contributed by atoms with Crippen LogP contribution in [0.4, 0.5) is 24.7 Å². The third kappa shape index (κ3) is 4.67. The molecule has 0 bridgehead atoms. The van der Waals surface area contributed by atoms with Crippen molar-refractivity contribution in [3.05, 3.63) is 60.3 Å². The standard InChI is InChI=1S/C22H20F3N5O3/c1-22(2,31)10-30(21-13-9-28-29-20(13)26-11-27-21)16-7-15(25)18(8-19(16)32-3)33-17-5-4-12(23)6-14(17)24/h4-9,11,31H,10H2,1-3H3,(H,26,27,28,29). The Kier molecular flexibility index (Phi) is 5.81. The Morgan fingerprint density at radius 2 is 1.79 bits per heavy atom. The molecule has 0 aliphatic rings.